The van der Waals surface area contributed by atoms with Crippen molar-refractivity contribution in [1.29, 1.82) is 0 Å². The average Bonchev–Trinajstić information content (AvgIpc) is 3.22. The third-order valence-corrected chi connectivity index (χ3v) is 5.33. The largest absolute Gasteiger partial charge is 0.353 e. The molecule has 0 N–H and O–H groups in total. The number of hydrogen-bond acceptors (Lipinski definition) is 7. The number of hydrogen-bond donors (Lipinski definition) is 0. The molecule has 0 spiro atoms. The Morgan fingerprint density at radius 1 is 1.18 bits per heavy atom. The molecule has 28 heavy (non-hydrogen) atoms. The van der Waals surface area contributed by atoms with E-state index < -0.39 is 0 Å². The monoisotopic (exact) mass is 382 g/mol. The highest BCUT2D eigenvalue weighted by atomic mass is 16.5. The molecule has 4 rings (SSSR count). The molecular formula is C20H26N6O2. The number of carbonyl (C=O) groups excluding carboxylic acids is 1. The molecule has 0 bridgehead atoms. The first-order valence-corrected chi connectivity index (χ1v) is 9.83. The van der Waals surface area contributed by atoms with E-state index in [1.165, 1.54) is 0 Å². The molecule has 0 atom stereocenters. The van der Waals surface area contributed by atoms with E-state index in [2.05, 4.69) is 38.0 Å². The zero-order valence-corrected chi connectivity index (χ0v) is 16.3. The Bertz CT molecular complexity index is 826. The third kappa shape index (κ3) is 4.39. The molecule has 8 nitrogen and oxygen atoms in total. The van der Waals surface area contributed by atoms with Gasteiger partial charge in [0.1, 0.15) is 5.82 Å². The molecular weight excluding hydrogens is 356 g/mol. The van der Waals surface area contributed by atoms with E-state index in [0.29, 0.717) is 37.6 Å². The van der Waals surface area contributed by atoms with Crippen LogP contribution in [0.5, 0.6) is 0 Å². The van der Waals surface area contributed by atoms with Crippen molar-refractivity contribution >= 4 is 17.3 Å². The number of piperazine rings is 1. The SMILES string of the molecule is CN1CC=C(c2noc(CCC(=O)N3CCN(c4ccccn4)CC3)n2)CC1. The fourth-order valence-electron chi connectivity index (χ4n) is 3.56. The van der Waals surface area contributed by atoms with Crippen LogP contribution in [0.25, 0.3) is 5.57 Å². The quantitative estimate of drug-likeness (QED) is 0.775. The number of pyridine rings is 1. The van der Waals surface area contributed by atoms with E-state index in [1.54, 1.807) is 6.20 Å². The number of anilines is 1. The van der Waals surface area contributed by atoms with Crippen LogP contribution in [0.1, 0.15) is 24.6 Å². The van der Waals surface area contributed by atoms with Crippen LogP contribution in [0, 0.1) is 0 Å². The standard InChI is InChI=1S/C20H26N6O2/c1-24-10-7-16(8-11-24)20-22-18(28-23-20)5-6-19(27)26-14-12-25(13-15-26)17-4-2-3-9-21-17/h2-4,7,9H,5-6,8,10-15H2,1H3. The Morgan fingerprint density at radius 3 is 2.75 bits per heavy atom. The van der Waals surface area contributed by atoms with Crippen molar-refractivity contribution < 1.29 is 9.32 Å². The molecule has 8 heteroatoms. The van der Waals surface area contributed by atoms with Gasteiger partial charge in [-0.15, -0.1) is 0 Å². The summed E-state index contributed by atoms with van der Waals surface area (Å²) in [6.45, 7) is 4.93. The molecule has 2 aromatic heterocycles. The zero-order chi connectivity index (χ0) is 19.3. The molecule has 2 aliphatic heterocycles. The lowest BCUT2D eigenvalue weighted by Gasteiger charge is -2.35. The molecule has 4 heterocycles. The molecule has 148 valence electrons. The van der Waals surface area contributed by atoms with Crippen LogP contribution in [-0.2, 0) is 11.2 Å². The fraction of sp³-hybridized carbons (Fsp3) is 0.500. The summed E-state index contributed by atoms with van der Waals surface area (Å²) in [5.74, 6) is 2.31. The number of rotatable bonds is 5. The Labute approximate surface area is 164 Å². The summed E-state index contributed by atoms with van der Waals surface area (Å²) in [5.41, 5.74) is 1.13. The number of nitrogens with zero attached hydrogens (tertiary/aromatic N) is 6. The molecule has 1 fully saturated rings. The fourth-order valence-corrected chi connectivity index (χ4v) is 3.56. The van der Waals surface area contributed by atoms with Gasteiger partial charge in [-0.05, 0) is 31.2 Å². The Hall–Kier alpha value is -2.74. The summed E-state index contributed by atoms with van der Waals surface area (Å²) in [7, 11) is 2.09. The van der Waals surface area contributed by atoms with Gasteiger partial charge in [-0.25, -0.2) is 4.98 Å². The highest BCUT2D eigenvalue weighted by molar-refractivity contribution is 5.76. The van der Waals surface area contributed by atoms with Crippen LogP contribution < -0.4 is 4.90 Å². The number of likely N-dealkylation sites (N-methyl/N-ethyl adjacent to an activating group) is 1. The van der Waals surface area contributed by atoms with Gasteiger partial charge >= 0.3 is 0 Å². The summed E-state index contributed by atoms with van der Waals surface area (Å²) >= 11 is 0. The molecule has 1 saturated heterocycles. The summed E-state index contributed by atoms with van der Waals surface area (Å²) in [4.78, 5) is 27.8. The number of carbonyl (C=O) groups is 1. The molecule has 2 aliphatic rings. The van der Waals surface area contributed by atoms with Crippen molar-refractivity contribution in [2.45, 2.75) is 19.3 Å². The predicted octanol–water partition coefficient (Wildman–Crippen LogP) is 1.46. The minimum Gasteiger partial charge on any atom is -0.353 e. The molecule has 0 radical (unpaired) electrons. The zero-order valence-electron chi connectivity index (χ0n) is 16.3. The van der Waals surface area contributed by atoms with Gasteiger partial charge in [0.25, 0.3) is 0 Å². The second kappa shape index (κ2) is 8.52. The van der Waals surface area contributed by atoms with Crippen LogP contribution in [0.2, 0.25) is 0 Å². The van der Waals surface area contributed by atoms with E-state index in [1.807, 2.05) is 23.1 Å². The van der Waals surface area contributed by atoms with Crippen LogP contribution in [0.4, 0.5) is 5.82 Å². The van der Waals surface area contributed by atoms with Crippen LogP contribution in [-0.4, -0.2) is 77.1 Å². The number of amides is 1. The molecule has 0 unspecified atom stereocenters. The van der Waals surface area contributed by atoms with Crippen molar-refractivity contribution in [3.8, 4) is 0 Å². The minimum atomic E-state index is 0.138. The number of aryl methyl sites for hydroxylation is 1. The van der Waals surface area contributed by atoms with Gasteiger partial charge in [0.05, 0.1) is 0 Å². The van der Waals surface area contributed by atoms with Gasteiger partial charge in [0, 0.05) is 58.3 Å². The second-order valence-electron chi connectivity index (χ2n) is 7.31. The normalized spacial score (nSPS) is 18.2. The molecule has 0 aliphatic carbocycles. The van der Waals surface area contributed by atoms with Crippen molar-refractivity contribution in [2.75, 3.05) is 51.2 Å². The van der Waals surface area contributed by atoms with Crippen molar-refractivity contribution in [1.82, 2.24) is 24.9 Å². The topological polar surface area (TPSA) is 78.6 Å². The molecule has 0 saturated carbocycles. The first kappa shape index (κ1) is 18.6. The van der Waals surface area contributed by atoms with Crippen LogP contribution in [0.3, 0.4) is 0 Å². The molecule has 1 amide bonds. The van der Waals surface area contributed by atoms with Crippen molar-refractivity contribution in [3.05, 3.63) is 42.2 Å². The first-order chi connectivity index (χ1) is 13.7. The number of aromatic nitrogens is 3. The molecule has 0 aromatic carbocycles. The maximum Gasteiger partial charge on any atom is 0.227 e. The first-order valence-electron chi connectivity index (χ1n) is 9.83. The van der Waals surface area contributed by atoms with E-state index in [-0.39, 0.29) is 5.91 Å². The van der Waals surface area contributed by atoms with E-state index in [4.69, 9.17) is 4.52 Å². The van der Waals surface area contributed by atoms with Gasteiger partial charge in [-0.3, -0.25) is 4.79 Å². The van der Waals surface area contributed by atoms with Gasteiger partial charge in [0.15, 0.2) is 5.82 Å². The van der Waals surface area contributed by atoms with E-state index in [0.717, 1.165) is 44.0 Å². The van der Waals surface area contributed by atoms with Crippen LogP contribution in [0.15, 0.2) is 35.0 Å². The van der Waals surface area contributed by atoms with E-state index in [9.17, 15) is 4.79 Å². The Morgan fingerprint density at radius 2 is 2.04 bits per heavy atom. The lowest BCUT2D eigenvalue weighted by molar-refractivity contribution is -0.131. The van der Waals surface area contributed by atoms with Gasteiger partial charge in [-0.1, -0.05) is 17.3 Å². The lowest BCUT2D eigenvalue weighted by atomic mass is 10.1. The lowest BCUT2D eigenvalue weighted by Crippen LogP contribution is -2.49. The van der Waals surface area contributed by atoms with Crippen LogP contribution >= 0.6 is 0 Å². The van der Waals surface area contributed by atoms with Crippen molar-refractivity contribution in [3.63, 3.8) is 0 Å². The minimum absolute atomic E-state index is 0.138. The summed E-state index contributed by atoms with van der Waals surface area (Å²) in [6.07, 6.45) is 5.75. The second-order valence-corrected chi connectivity index (χ2v) is 7.31. The van der Waals surface area contributed by atoms with Gasteiger partial charge in [0.2, 0.25) is 11.8 Å². The van der Waals surface area contributed by atoms with E-state index >= 15 is 0 Å². The van der Waals surface area contributed by atoms with Crippen molar-refractivity contribution in [2.24, 2.45) is 0 Å². The highest BCUT2D eigenvalue weighted by Gasteiger charge is 2.22. The Balaban J connectivity index is 1.25. The van der Waals surface area contributed by atoms with Gasteiger partial charge < -0.3 is 19.2 Å². The third-order valence-electron chi connectivity index (χ3n) is 5.33. The summed E-state index contributed by atoms with van der Waals surface area (Å²) in [5, 5.41) is 4.09. The highest BCUT2D eigenvalue weighted by Crippen LogP contribution is 2.19. The summed E-state index contributed by atoms with van der Waals surface area (Å²) < 4.78 is 5.35. The maximum atomic E-state index is 12.5. The predicted molar refractivity (Wildman–Crippen MR) is 106 cm³/mol. The Kier molecular flexibility index (Phi) is 5.66. The molecule has 2 aromatic rings. The maximum absolute atomic E-state index is 12.5. The smallest absolute Gasteiger partial charge is 0.227 e. The average molecular weight is 382 g/mol. The van der Waals surface area contributed by atoms with Gasteiger partial charge in [-0.2, -0.15) is 4.98 Å². The summed E-state index contributed by atoms with van der Waals surface area (Å²) in [6, 6.07) is 5.90.